The zero-order valence-electron chi connectivity index (χ0n) is 23.4. The van der Waals surface area contributed by atoms with Crippen LogP contribution in [0.15, 0.2) is 66.9 Å². The average molecular weight is 561 g/mol. The lowest BCUT2D eigenvalue weighted by Crippen LogP contribution is -2.56. The Labute approximate surface area is 241 Å². The molecule has 1 heterocycles. The third kappa shape index (κ3) is 9.84. The summed E-state index contributed by atoms with van der Waals surface area (Å²) in [7, 11) is 0. The van der Waals surface area contributed by atoms with Gasteiger partial charge in [0.25, 0.3) is 5.91 Å². The van der Waals surface area contributed by atoms with Crippen molar-refractivity contribution in [3.63, 3.8) is 0 Å². The molecular weight excluding hydrogens is 520 g/mol. The minimum absolute atomic E-state index is 0.0850. The number of nitrogens with zero attached hydrogens (tertiary/aromatic N) is 1. The number of H-pyrrole nitrogens is 1. The number of pyridine rings is 1. The Kier molecular flexibility index (Phi) is 12.0. The van der Waals surface area contributed by atoms with Crippen LogP contribution in [0, 0.1) is 19.8 Å². The maximum atomic E-state index is 13.3. The normalized spacial score (nSPS) is 12.2. The molecule has 214 valence electrons. The Morgan fingerprint density at radius 1 is 0.976 bits per heavy atom. The maximum absolute atomic E-state index is 13.3. The van der Waals surface area contributed by atoms with E-state index in [0.29, 0.717) is 44.6 Å². The van der Waals surface area contributed by atoms with E-state index in [1.165, 1.54) is 0 Å². The number of hydrogen-bond donors (Lipinski definition) is 4. The summed E-state index contributed by atoms with van der Waals surface area (Å²) < 4.78 is 0. The van der Waals surface area contributed by atoms with E-state index < -0.39 is 23.8 Å². The Morgan fingerprint density at radius 2 is 1.71 bits per heavy atom. The highest BCUT2D eigenvalue weighted by Crippen LogP contribution is 2.15. The van der Waals surface area contributed by atoms with Gasteiger partial charge in [0.2, 0.25) is 23.2 Å². The van der Waals surface area contributed by atoms with Crippen LogP contribution in [0.1, 0.15) is 24.8 Å². The van der Waals surface area contributed by atoms with E-state index in [9.17, 15) is 19.2 Å². The predicted octanol–water partition coefficient (Wildman–Crippen LogP) is 0.961. The first-order valence-corrected chi connectivity index (χ1v) is 13.8. The number of carbonyl (C=O) groups is 4. The van der Waals surface area contributed by atoms with E-state index in [0.717, 1.165) is 16.5 Å². The quantitative estimate of drug-likeness (QED) is 0.205. The molecule has 7 N–H and O–H groups in total. The zero-order valence-corrected chi connectivity index (χ0v) is 23.4. The largest absolute Gasteiger partial charge is 0.356 e. The van der Waals surface area contributed by atoms with Gasteiger partial charge in [-0.1, -0.05) is 42.5 Å². The zero-order chi connectivity index (χ0) is 29.6. The number of carbonyl (C=O) groups excluding carboxylic acids is 4. The van der Waals surface area contributed by atoms with Gasteiger partial charge in [-0.2, -0.15) is 0 Å². The summed E-state index contributed by atoms with van der Waals surface area (Å²) in [6, 6.07) is 18.4. The summed E-state index contributed by atoms with van der Waals surface area (Å²) in [6.45, 7) is 8.73. The molecule has 4 amide bonds. The van der Waals surface area contributed by atoms with Gasteiger partial charge < -0.3 is 26.6 Å². The number of rotatable bonds is 15. The smallest absolute Gasteiger partial charge is 0.268 e. The van der Waals surface area contributed by atoms with Crippen LogP contribution >= 0.6 is 0 Å². The minimum atomic E-state index is -0.867. The van der Waals surface area contributed by atoms with Crippen LogP contribution in [0.4, 0.5) is 5.69 Å². The summed E-state index contributed by atoms with van der Waals surface area (Å²) in [5.74, 6) is -2.49. The molecule has 2 aromatic carbocycles. The summed E-state index contributed by atoms with van der Waals surface area (Å²) in [5.41, 5.74) is 6.30. The summed E-state index contributed by atoms with van der Waals surface area (Å²) in [4.78, 5) is 55.9. The second kappa shape index (κ2) is 15.9. The number of aromatic amines is 1. The summed E-state index contributed by atoms with van der Waals surface area (Å²) in [5, 5.41) is 9.09. The van der Waals surface area contributed by atoms with Gasteiger partial charge in [-0.25, -0.2) is 4.98 Å². The van der Waals surface area contributed by atoms with Gasteiger partial charge in [-0.15, -0.1) is 0 Å². The van der Waals surface area contributed by atoms with Gasteiger partial charge in [0.15, 0.2) is 12.1 Å². The van der Waals surface area contributed by atoms with Crippen molar-refractivity contribution < 1.29 is 29.9 Å². The lowest BCUT2D eigenvalue weighted by atomic mass is 10.0. The van der Waals surface area contributed by atoms with Crippen molar-refractivity contribution in [1.29, 1.82) is 0 Å². The van der Waals surface area contributed by atoms with Gasteiger partial charge in [0, 0.05) is 11.5 Å². The fourth-order valence-corrected chi connectivity index (χ4v) is 4.38. The first-order valence-electron chi connectivity index (χ1n) is 13.8. The molecule has 0 radical (unpaired) electrons. The number of aromatic nitrogens is 1. The van der Waals surface area contributed by atoms with E-state index in [2.05, 4.69) is 40.5 Å². The van der Waals surface area contributed by atoms with Crippen LogP contribution < -0.4 is 26.7 Å². The predicted molar refractivity (Wildman–Crippen MR) is 157 cm³/mol. The number of hydrogen-bond acceptors (Lipinski definition) is 4. The second-order valence-corrected chi connectivity index (χ2v) is 9.82. The number of amides is 4. The number of fused-ring (bicyclic) bond motifs is 1. The molecule has 41 heavy (non-hydrogen) atoms. The van der Waals surface area contributed by atoms with Crippen LogP contribution in [0.5, 0.6) is 0 Å². The number of quaternary nitrogens is 1. The number of anilines is 1. The van der Waals surface area contributed by atoms with E-state index >= 15 is 0 Å². The topological polar surface area (TPSA) is 149 Å². The molecule has 3 aromatic rings. The molecule has 0 bridgehead atoms. The molecule has 10 heteroatoms. The van der Waals surface area contributed by atoms with Crippen LogP contribution in [0.25, 0.3) is 10.9 Å². The van der Waals surface area contributed by atoms with Gasteiger partial charge in [0.1, 0.15) is 18.2 Å². The summed E-state index contributed by atoms with van der Waals surface area (Å²) >= 11 is 0. The molecule has 0 fully saturated rings. The van der Waals surface area contributed by atoms with Crippen molar-refractivity contribution in [3.05, 3.63) is 86.3 Å². The highest BCUT2D eigenvalue weighted by Gasteiger charge is 2.27. The van der Waals surface area contributed by atoms with E-state index in [4.69, 9.17) is 0 Å². The number of aryl methyl sites for hydroxylation is 1. The molecule has 0 saturated carbocycles. The molecule has 10 nitrogen and oxygen atoms in total. The fourth-order valence-electron chi connectivity index (χ4n) is 4.38. The van der Waals surface area contributed by atoms with Crippen molar-refractivity contribution in [1.82, 2.24) is 15.5 Å². The second-order valence-electron chi connectivity index (χ2n) is 9.82. The highest BCUT2D eigenvalue weighted by molar-refractivity contribution is 5.98. The molecule has 0 aliphatic rings. The van der Waals surface area contributed by atoms with Crippen molar-refractivity contribution in [2.24, 2.45) is 5.92 Å². The van der Waals surface area contributed by atoms with E-state index in [1.54, 1.807) is 11.1 Å². The Bertz CT molecular complexity index is 1310. The SMILES string of the molecule is [CH2+]CCN(CC[NH3+])C(=O)CC([CH2+])C(=O)NCC(=O)NC(CCc1ccccc1)C(=O)Nc1c[nH+]c2ccccc2c1. The molecule has 1 aromatic heterocycles. The monoisotopic (exact) mass is 560 g/mol. The third-order valence-corrected chi connectivity index (χ3v) is 6.56. The van der Waals surface area contributed by atoms with Gasteiger partial charge in [-0.3, -0.25) is 19.2 Å². The van der Waals surface area contributed by atoms with Crippen LogP contribution in [0.3, 0.4) is 0 Å². The van der Waals surface area contributed by atoms with Crippen molar-refractivity contribution in [2.75, 3.05) is 31.5 Å². The fraction of sp³-hybridized carbons (Fsp3) is 0.323. The van der Waals surface area contributed by atoms with Crippen LogP contribution in [-0.4, -0.2) is 60.7 Å². The van der Waals surface area contributed by atoms with Gasteiger partial charge >= 0.3 is 0 Å². The van der Waals surface area contributed by atoms with Crippen LogP contribution in [0.2, 0.25) is 0 Å². The number of nitrogens with one attached hydrogen (secondary N) is 4. The lowest BCUT2D eigenvalue weighted by Gasteiger charge is -2.20. The maximum Gasteiger partial charge on any atom is 0.268 e. The molecule has 2 unspecified atom stereocenters. The summed E-state index contributed by atoms with van der Waals surface area (Å²) in [6.07, 6.45) is 3.08. The van der Waals surface area contributed by atoms with Crippen molar-refractivity contribution in [3.8, 4) is 0 Å². The molecule has 0 aliphatic heterocycles. The molecule has 0 aliphatic carbocycles. The molecule has 2 atom stereocenters. The van der Waals surface area contributed by atoms with Crippen molar-refractivity contribution in [2.45, 2.75) is 31.7 Å². The highest BCUT2D eigenvalue weighted by atomic mass is 16.2. The third-order valence-electron chi connectivity index (χ3n) is 6.56. The number of para-hydroxylation sites is 1. The standard InChI is InChI=1S/C31H36N6O4/c1-3-16-37(17-15-32)29(39)18-22(2)30(40)34-21-28(38)36-27(14-13-23-9-5-4-6-10-23)31(41)35-25-19-24-11-7-8-12-26(24)33-20-25/h4-12,19-20,22,27H,1-3,13-18,21,32H2,(H-2,34,35,36,38,40,41)/p+4. The Hall–Kier alpha value is -4.57. The molecular formula is C31H40N6O4+4. The van der Waals surface area contributed by atoms with Gasteiger partial charge in [0.05, 0.1) is 46.4 Å². The average Bonchev–Trinajstić information content (AvgIpc) is 2.98. The van der Waals surface area contributed by atoms with Crippen LogP contribution in [-0.2, 0) is 25.6 Å². The number of benzene rings is 2. The molecule has 0 saturated heterocycles. The Balaban J connectivity index is 1.59. The first kappa shape index (κ1) is 31.0. The molecule has 3 rings (SSSR count). The minimum Gasteiger partial charge on any atom is -0.356 e. The Morgan fingerprint density at radius 3 is 2.44 bits per heavy atom. The van der Waals surface area contributed by atoms with Crippen molar-refractivity contribution >= 4 is 40.2 Å². The van der Waals surface area contributed by atoms with E-state index in [-0.39, 0.29) is 24.8 Å². The van der Waals surface area contributed by atoms with E-state index in [1.807, 2.05) is 60.7 Å². The first-order chi connectivity index (χ1) is 19.8. The lowest BCUT2D eigenvalue weighted by molar-refractivity contribution is -0.368. The van der Waals surface area contributed by atoms with Gasteiger partial charge in [-0.05, 0) is 30.5 Å². The molecule has 0 spiro atoms.